The minimum atomic E-state index is -3.33. The smallest absolute Gasteiger partial charge is 0.380 e. The van der Waals surface area contributed by atoms with Gasteiger partial charge < -0.3 is 9.26 Å². The van der Waals surface area contributed by atoms with Crippen molar-refractivity contribution in [1.82, 2.24) is 0 Å². The standard InChI is InChI=1S/C6H11Cl2O3P/c7-12(8,9)11-5-6-1-3-10-4-2-6/h6H,1-5H2. The van der Waals surface area contributed by atoms with Crippen LogP contribution >= 0.6 is 28.6 Å². The summed E-state index contributed by atoms with van der Waals surface area (Å²) in [6.07, 6.45) is -1.48. The Balaban J connectivity index is 2.17. The van der Waals surface area contributed by atoms with Crippen molar-refractivity contribution in [1.29, 1.82) is 0 Å². The maximum Gasteiger partial charge on any atom is 0.380 e. The van der Waals surface area contributed by atoms with Crippen molar-refractivity contribution in [2.45, 2.75) is 12.8 Å². The minimum Gasteiger partial charge on any atom is -0.381 e. The summed E-state index contributed by atoms with van der Waals surface area (Å²) in [5, 5.41) is 0. The Morgan fingerprint density at radius 3 is 2.50 bits per heavy atom. The second-order valence-electron chi connectivity index (χ2n) is 2.77. The average Bonchev–Trinajstić information content (AvgIpc) is 2.02. The van der Waals surface area contributed by atoms with Gasteiger partial charge in [0.1, 0.15) is 0 Å². The van der Waals surface area contributed by atoms with E-state index in [1.165, 1.54) is 0 Å². The summed E-state index contributed by atoms with van der Waals surface area (Å²) in [5.74, 6) is 0.379. The molecule has 0 unspecified atom stereocenters. The van der Waals surface area contributed by atoms with Gasteiger partial charge in [0.05, 0.1) is 6.61 Å². The summed E-state index contributed by atoms with van der Waals surface area (Å²) in [6, 6.07) is 0. The second kappa shape index (κ2) is 4.83. The SMILES string of the molecule is O=P(Cl)(Cl)OCC1CCOCC1. The molecule has 0 aromatic rings. The van der Waals surface area contributed by atoms with E-state index in [4.69, 9.17) is 31.7 Å². The Hall–Kier alpha value is 0.730. The van der Waals surface area contributed by atoms with Gasteiger partial charge in [-0.2, -0.15) is 0 Å². The fourth-order valence-corrected chi connectivity index (χ4v) is 1.83. The van der Waals surface area contributed by atoms with E-state index in [2.05, 4.69) is 0 Å². The molecule has 0 N–H and O–H groups in total. The zero-order valence-corrected chi connectivity index (χ0v) is 8.95. The summed E-state index contributed by atoms with van der Waals surface area (Å²) in [7, 11) is 0. The number of hydrogen-bond acceptors (Lipinski definition) is 3. The van der Waals surface area contributed by atoms with E-state index < -0.39 is 6.07 Å². The molecular weight excluding hydrogens is 222 g/mol. The van der Waals surface area contributed by atoms with Crippen LogP contribution in [0.2, 0.25) is 0 Å². The lowest BCUT2D eigenvalue weighted by atomic mass is 10.0. The highest BCUT2D eigenvalue weighted by atomic mass is 35.9. The first kappa shape index (κ1) is 10.8. The average molecular weight is 233 g/mol. The Kier molecular flexibility index (Phi) is 4.35. The second-order valence-corrected chi connectivity index (χ2v) is 7.04. The molecule has 1 fully saturated rings. The molecule has 0 atom stereocenters. The van der Waals surface area contributed by atoms with Crippen LogP contribution in [0.1, 0.15) is 12.8 Å². The van der Waals surface area contributed by atoms with Gasteiger partial charge in [0, 0.05) is 13.2 Å². The van der Waals surface area contributed by atoms with Crippen LogP contribution in [0, 0.1) is 5.92 Å². The fourth-order valence-electron chi connectivity index (χ4n) is 1.11. The van der Waals surface area contributed by atoms with Crippen LogP contribution in [0.15, 0.2) is 0 Å². The van der Waals surface area contributed by atoms with E-state index in [0.717, 1.165) is 26.1 Å². The van der Waals surface area contributed by atoms with Crippen molar-refractivity contribution in [3.8, 4) is 0 Å². The minimum absolute atomic E-state index is 0.369. The van der Waals surface area contributed by atoms with E-state index in [9.17, 15) is 4.57 Å². The molecule has 6 heteroatoms. The fraction of sp³-hybridized carbons (Fsp3) is 1.00. The highest BCUT2D eigenvalue weighted by Crippen LogP contribution is 2.57. The van der Waals surface area contributed by atoms with Gasteiger partial charge in [0.25, 0.3) is 0 Å². The van der Waals surface area contributed by atoms with Crippen LogP contribution < -0.4 is 0 Å². The number of hydrogen-bond donors (Lipinski definition) is 0. The molecule has 0 amide bonds. The third-order valence-electron chi connectivity index (χ3n) is 1.80. The molecular formula is C6H11Cl2O3P. The first-order valence-electron chi connectivity index (χ1n) is 3.79. The number of halogens is 2. The molecule has 0 aliphatic carbocycles. The monoisotopic (exact) mass is 232 g/mol. The first-order chi connectivity index (χ1) is 5.58. The van der Waals surface area contributed by atoms with E-state index >= 15 is 0 Å². The van der Waals surface area contributed by atoms with Gasteiger partial charge >= 0.3 is 6.07 Å². The van der Waals surface area contributed by atoms with Crippen molar-refractivity contribution in [3.05, 3.63) is 0 Å². The van der Waals surface area contributed by atoms with Gasteiger partial charge in [-0.15, -0.1) is 0 Å². The molecule has 1 rings (SSSR count). The zero-order chi connectivity index (χ0) is 9.03. The summed E-state index contributed by atoms with van der Waals surface area (Å²) >= 11 is 10.4. The van der Waals surface area contributed by atoms with Gasteiger partial charge in [0.15, 0.2) is 0 Å². The van der Waals surface area contributed by atoms with Crippen LogP contribution in [0.3, 0.4) is 0 Å². The van der Waals surface area contributed by atoms with Crippen molar-refractivity contribution in [2.75, 3.05) is 19.8 Å². The predicted octanol–water partition coefficient (Wildman–Crippen LogP) is 3.02. The number of rotatable bonds is 3. The molecule has 0 saturated carbocycles. The maximum absolute atomic E-state index is 10.7. The molecule has 0 aromatic carbocycles. The molecule has 0 aromatic heterocycles. The Morgan fingerprint density at radius 1 is 1.42 bits per heavy atom. The van der Waals surface area contributed by atoms with Gasteiger partial charge in [-0.05, 0) is 41.2 Å². The Labute approximate surface area is 81.4 Å². The summed E-state index contributed by atoms with van der Waals surface area (Å²) < 4.78 is 20.7. The van der Waals surface area contributed by atoms with Gasteiger partial charge in [-0.3, -0.25) is 4.57 Å². The van der Waals surface area contributed by atoms with E-state index in [0.29, 0.717) is 12.5 Å². The molecule has 3 nitrogen and oxygen atoms in total. The van der Waals surface area contributed by atoms with Crippen molar-refractivity contribution in [3.63, 3.8) is 0 Å². The lowest BCUT2D eigenvalue weighted by Gasteiger charge is -2.21. The summed E-state index contributed by atoms with van der Waals surface area (Å²) in [6.45, 7) is 1.85. The van der Waals surface area contributed by atoms with Crippen molar-refractivity contribution in [2.24, 2.45) is 5.92 Å². The third-order valence-corrected chi connectivity index (χ3v) is 2.84. The van der Waals surface area contributed by atoms with Crippen LogP contribution in [-0.2, 0) is 13.8 Å². The summed E-state index contributed by atoms with van der Waals surface area (Å²) in [4.78, 5) is 0. The highest BCUT2D eigenvalue weighted by Gasteiger charge is 2.20. The molecule has 1 saturated heterocycles. The lowest BCUT2D eigenvalue weighted by Crippen LogP contribution is -2.19. The lowest BCUT2D eigenvalue weighted by molar-refractivity contribution is 0.0511. The predicted molar refractivity (Wildman–Crippen MR) is 48.8 cm³/mol. The largest absolute Gasteiger partial charge is 0.381 e. The molecule has 0 radical (unpaired) electrons. The normalized spacial score (nSPS) is 21.2. The van der Waals surface area contributed by atoms with Crippen LogP contribution in [-0.4, -0.2) is 19.8 Å². The topological polar surface area (TPSA) is 35.5 Å². The van der Waals surface area contributed by atoms with Gasteiger partial charge in [0.2, 0.25) is 0 Å². The van der Waals surface area contributed by atoms with Crippen LogP contribution in [0.25, 0.3) is 0 Å². The maximum atomic E-state index is 10.7. The van der Waals surface area contributed by atoms with Crippen LogP contribution in [0.4, 0.5) is 0 Å². The number of ether oxygens (including phenoxy) is 1. The third kappa shape index (κ3) is 4.68. The molecule has 0 bridgehead atoms. The molecule has 12 heavy (non-hydrogen) atoms. The van der Waals surface area contributed by atoms with Crippen molar-refractivity contribution >= 4 is 28.6 Å². The Morgan fingerprint density at radius 2 is 2.00 bits per heavy atom. The van der Waals surface area contributed by atoms with Gasteiger partial charge in [-0.1, -0.05) is 0 Å². The zero-order valence-electron chi connectivity index (χ0n) is 6.54. The van der Waals surface area contributed by atoms with E-state index in [1.807, 2.05) is 0 Å². The first-order valence-corrected chi connectivity index (χ1v) is 7.23. The molecule has 1 aliphatic rings. The summed E-state index contributed by atoms with van der Waals surface area (Å²) in [5.41, 5.74) is 0. The van der Waals surface area contributed by atoms with Crippen molar-refractivity contribution < 1.29 is 13.8 Å². The van der Waals surface area contributed by atoms with E-state index in [-0.39, 0.29) is 0 Å². The quantitative estimate of drug-likeness (QED) is 0.702. The van der Waals surface area contributed by atoms with Gasteiger partial charge in [-0.25, -0.2) is 0 Å². The molecule has 72 valence electrons. The highest BCUT2D eigenvalue weighted by molar-refractivity contribution is 8.05. The molecule has 0 spiro atoms. The van der Waals surface area contributed by atoms with E-state index in [1.54, 1.807) is 0 Å². The Bertz CT molecular complexity index is 176. The van der Waals surface area contributed by atoms with Crippen LogP contribution in [0.5, 0.6) is 0 Å². The molecule has 1 aliphatic heterocycles. The molecule has 1 heterocycles.